The van der Waals surface area contributed by atoms with E-state index in [-0.39, 0.29) is 10.6 Å². The van der Waals surface area contributed by atoms with Gasteiger partial charge in [0.05, 0.1) is 5.02 Å². The molecule has 0 unspecified atom stereocenters. The van der Waals surface area contributed by atoms with Crippen molar-refractivity contribution in [3.63, 3.8) is 0 Å². The lowest BCUT2D eigenvalue weighted by Gasteiger charge is -2.10. The molecule has 1 rings (SSSR count). The molecule has 0 bridgehead atoms. The Kier molecular flexibility index (Phi) is 3.09. The van der Waals surface area contributed by atoms with Gasteiger partial charge in [-0.2, -0.15) is 0 Å². The van der Waals surface area contributed by atoms with Gasteiger partial charge in [0, 0.05) is 5.56 Å². The van der Waals surface area contributed by atoms with Crippen molar-refractivity contribution in [2.75, 3.05) is 0 Å². The summed E-state index contributed by atoms with van der Waals surface area (Å²) < 4.78 is 39.0. The summed E-state index contributed by atoms with van der Waals surface area (Å²) >= 11 is 5.45. The first-order chi connectivity index (χ1) is 6.79. The summed E-state index contributed by atoms with van der Waals surface area (Å²) in [5, 5.41) is -0.330. The van der Waals surface area contributed by atoms with Crippen LogP contribution in [0, 0.1) is 0 Å². The number of hydrogen-bond acceptors (Lipinski definition) is 2. The fraction of sp³-hybridized carbons (Fsp3) is 0.125. The SMILES string of the molecule is NC(=O)c1ccc(OC(F)(F)F)c(Cl)c1. The van der Waals surface area contributed by atoms with E-state index in [4.69, 9.17) is 17.3 Å². The minimum absolute atomic E-state index is 0.00882. The van der Waals surface area contributed by atoms with Gasteiger partial charge in [-0.05, 0) is 18.2 Å². The fourth-order valence-corrected chi connectivity index (χ4v) is 1.08. The Bertz CT molecular complexity index is 392. The number of rotatable bonds is 2. The predicted molar refractivity (Wildman–Crippen MR) is 46.7 cm³/mol. The van der Waals surface area contributed by atoms with Crippen LogP contribution in [0.2, 0.25) is 5.02 Å². The molecular formula is C8H5ClF3NO2. The summed E-state index contributed by atoms with van der Waals surface area (Å²) in [4.78, 5) is 10.7. The van der Waals surface area contributed by atoms with Gasteiger partial charge in [0.25, 0.3) is 0 Å². The number of alkyl halides is 3. The molecular weight excluding hydrogens is 235 g/mol. The lowest BCUT2D eigenvalue weighted by Crippen LogP contribution is -2.17. The average molecular weight is 240 g/mol. The molecule has 1 amide bonds. The predicted octanol–water partition coefficient (Wildman–Crippen LogP) is 2.34. The minimum Gasteiger partial charge on any atom is -0.404 e. The van der Waals surface area contributed by atoms with Crippen LogP contribution in [0.15, 0.2) is 18.2 Å². The van der Waals surface area contributed by atoms with Crippen LogP contribution in [0.1, 0.15) is 10.4 Å². The van der Waals surface area contributed by atoms with Gasteiger partial charge < -0.3 is 10.5 Å². The molecule has 0 aromatic heterocycles. The van der Waals surface area contributed by atoms with E-state index >= 15 is 0 Å². The molecule has 0 fully saturated rings. The fourth-order valence-electron chi connectivity index (χ4n) is 0.862. The van der Waals surface area contributed by atoms with E-state index in [1.807, 2.05) is 0 Å². The third kappa shape index (κ3) is 3.32. The Morgan fingerprint density at radius 3 is 2.40 bits per heavy atom. The lowest BCUT2D eigenvalue weighted by atomic mass is 10.2. The van der Waals surface area contributed by atoms with E-state index in [0.29, 0.717) is 0 Å². The van der Waals surface area contributed by atoms with Crippen LogP contribution >= 0.6 is 11.6 Å². The van der Waals surface area contributed by atoms with E-state index < -0.39 is 18.0 Å². The highest BCUT2D eigenvalue weighted by Gasteiger charge is 2.32. The third-order valence-corrected chi connectivity index (χ3v) is 1.74. The number of halogens is 4. The van der Waals surface area contributed by atoms with Crippen molar-refractivity contribution < 1.29 is 22.7 Å². The van der Waals surface area contributed by atoms with E-state index in [0.717, 1.165) is 18.2 Å². The molecule has 0 heterocycles. The molecule has 2 N–H and O–H groups in total. The summed E-state index contributed by atoms with van der Waals surface area (Å²) in [6.07, 6.45) is -4.82. The molecule has 82 valence electrons. The Morgan fingerprint density at radius 1 is 1.40 bits per heavy atom. The molecule has 1 aromatic rings. The maximum Gasteiger partial charge on any atom is 0.573 e. The molecule has 15 heavy (non-hydrogen) atoms. The first-order valence-corrected chi connectivity index (χ1v) is 4.02. The number of carbonyl (C=O) groups excluding carboxylic acids is 1. The van der Waals surface area contributed by atoms with Gasteiger partial charge >= 0.3 is 6.36 Å². The van der Waals surface area contributed by atoms with Gasteiger partial charge in [0.15, 0.2) is 0 Å². The molecule has 7 heteroatoms. The van der Waals surface area contributed by atoms with Crippen molar-refractivity contribution in [1.82, 2.24) is 0 Å². The van der Waals surface area contributed by atoms with Crippen LogP contribution in [0.3, 0.4) is 0 Å². The quantitative estimate of drug-likeness (QED) is 0.861. The Hall–Kier alpha value is -1.43. The zero-order chi connectivity index (χ0) is 11.6. The van der Waals surface area contributed by atoms with Gasteiger partial charge in [-0.1, -0.05) is 11.6 Å². The molecule has 0 aliphatic carbocycles. The smallest absolute Gasteiger partial charge is 0.404 e. The molecule has 0 aliphatic rings. The first-order valence-electron chi connectivity index (χ1n) is 3.65. The van der Waals surface area contributed by atoms with Crippen LogP contribution < -0.4 is 10.5 Å². The van der Waals surface area contributed by atoms with Gasteiger partial charge in [-0.3, -0.25) is 4.79 Å². The van der Waals surface area contributed by atoms with E-state index in [9.17, 15) is 18.0 Å². The number of primary amides is 1. The highest BCUT2D eigenvalue weighted by atomic mass is 35.5. The van der Waals surface area contributed by atoms with Crippen molar-refractivity contribution in [3.05, 3.63) is 28.8 Å². The van der Waals surface area contributed by atoms with E-state index in [1.165, 1.54) is 0 Å². The van der Waals surface area contributed by atoms with E-state index in [1.54, 1.807) is 0 Å². The van der Waals surface area contributed by atoms with Crippen molar-refractivity contribution in [3.8, 4) is 5.75 Å². The van der Waals surface area contributed by atoms with Crippen molar-refractivity contribution in [2.45, 2.75) is 6.36 Å². The number of carbonyl (C=O) groups is 1. The Balaban J connectivity index is 2.99. The summed E-state index contributed by atoms with van der Waals surface area (Å²) in [6.45, 7) is 0. The van der Waals surface area contributed by atoms with Gasteiger partial charge in [-0.25, -0.2) is 0 Å². The molecule has 0 saturated heterocycles. The normalized spacial score (nSPS) is 11.2. The summed E-state index contributed by atoms with van der Waals surface area (Å²) in [5.41, 5.74) is 4.91. The Morgan fingerprint density at radius 2 is 2.00 bits per heavy atom. The molecule has 0 saturated carbocycles. The summed E-state index contributed by atoms with van der Waals surface area (Å²) in [6, 6.07) is 3.02. The molecule has 1 aromatic carbocycles. The maximum atomic E-state index is 11.8. The number of ether oxygens (including phenoxy) is 1. The van der Waals surface area contributed by atoms with Gasteiger partial charge in [0.1, 0.15) is 5.75 Å². The largest absolute Gasteiger partial charge is 0.573 e. The van der Waals surface area contributed by atoms with Crippen LogP contribution in [-0.2, 0) is 0 Å². The second-order valence-corrected chi connectivity index (χ2v) is 2.96. The van der Waals surface area contributed by atoms with Gasteiger partial charge in [0.2, 0.25) is 5.91 Å². The van der Waals surface area contributed by atoms with Crippen LogP contribution in [0.25, 0.3) is 0 Å². The van der Waals surface area contributed by atoms with Crippen LogP contribution in [-0.4, -0.2) is 12.3 Å². The Labute approximate surface area is 87.6 Å². The van der Waals surface area contributed by atoms with E-state index in [2.05, 4.69) is 4.74 Å². The number of benzene rings is 1. The first kappa shape index (κ1) is 11.6. The standard InChI is InChI=1S/C8H5ClF3NO2/c9-5-3-4(7(13)14)1-2-6(5)15-8(10,11)12/h1-3H,(H2,13,14). The van der Waals surface area contributed by atoms with Crippen LogP contribution in [0.5, 0.6) is 5.75 Å². The van der Waals surface area contributed by atoms with Crippen molar-refractivity contribution in [2.24, 2.45) is 5.73 Å². The average Bonchev–Trinajstić information content (AvgIpc) is 2.05. The number of amides is 1. The molecule has 0 spiro atoms. The molecule has 0 radical (unpaired) electrons. The molecule has 0 atom stereocenters. The van der Waals surface area contributed by atoms with Gasteiger partial charge in [-0.15, -0.1) is 13.2 Å². The van der Waals surface area contributed by atoms with Crippen molar-refractivity contribution in [1.29, 1.82) is 0 Å². The topological polar surface area (TPSA) is 52.3 Å². The number of nitrogens with two attached hydrogens (primary N) is 1. The highest BCUT2D eigenvalue weighted by molar-refractivity contribution is 6.32. The monoisotopic (exact) mass is 239 g/mol. The molecule has 3 nitrogen and oxygen atoms in total. The zero-order valence-corrected chi connectivity index (χ0v) is 7.89. The van der Waals surface area contributed by atoms with Crippen molar-refractivity contribution >= 4 is 17.5 Å². The third-order valence-electron chi connectivity index (χ3n) is 1.44. The summed E-state index contributed by atoms with van der Waals surface area (Å²) in [7, 11) is 0. The zero-order valence-electron chi connectivity index (χ0n) is 7.14. The highest BCUT2D eigenvalue weighted by Crippen LogP contribution is 2.30. The summed E-state index contributed by atoms with van der Waals surface area (Å²) in [5.74, 6) is -1.36. The number of hydrogen-bond donors (Lipinski definition) is 1. The minimum atomic E-state index is -4.82. The molecule has 0 aliphatic heterocycles. The lowest BCUT2D eigenvalue weighted by molar-refractivity contribution is -0.274. The second-order valence-electron chi connectivity index (χ2n) is 2.56. The van der Waals surface area contributed by atoms with Crippen LogP contribution in [0.4, 0.5) is 13.2 Å². The maximum absolute atomic E-state index is 11.8. The second kappa shape index (κ2) is 3.98.